The molecule has 0 aromatic carbocycles. The van der Waals surface area contributed by atoms with E-state index in [2.05, 4.69) is 20.8 Å². The third kappa shape index (κ3) is 2.90. The van der Waals surface area contributed by atoms with Crippen LogP contribution in [0.25, 0.3) is 0 Å². The number of hydrogen-bond acceptors (Lipinski definition) is 1. The van der Waals surface area contributed by atoms with Crippen molar-refractivity contribution >= 4 is 0 Å². The molecule has 0 aromatic heterocycles. The van der Waals surface area contributed by atoms with Crippen LogP contribution >= 0.6 is 0 Å². The van der Waals surface area contributed by atoms with Gasteiger partial charge in [0.05, 0.1) is 13.1 Å². The molecule has 1 aliphatic heterocycles. The van der Waals surface area contributed by atoms with Gasteiger partial charge in [0, 0.05) is 6.54 Å². The van der Waals surface area contributed by atoms with Crippen LogP contribution in [-0.2, 0) is 0 Å². The Morgan fingerprint density at radius 1 is 1.13 bits per heavy atom. The number of alkyl halides is 2. The van der Waals surface area contributed by atoms with Crippen LogP contribution in [-0.4, -0.2) is 30.5 Å². The molecule has 0 aromatic rings. The predicted octanol–water partition coefficient (Wildman–Crippen LogP) is 3.15. The summed E-state index contributed by atoms with van der Waals surface area (Å²) in [5, 5.41) is 0. The second-order valence-corrected chi connectivity index (χ2v) is 6.74. The lowest BCUT2D eigenvalue weighted by molar-refractivity contribution is -0.136. The van der Waals surface area contributed by atoms with Gasteiger partial charge in [-0.2, -0.15) is 0 Å². The van der Waals surface area contributed by atoms with Crippen molar-refractivity contribution in [3.8, 4) is 0 Å². The lowest BCUT2D eigenvalue weighted by Crippen LogP contribution is -2.57. The summed E-state index contributed by atoms with van der Waals surface area (Å²) in [6.07, 6.45) is 3.63. The van der Waals surface area contributed by atoms with E-state index in [0.29, 0.717) is 10.8 Å². The fourth-order valence-corrected chi connectivity index (χ4v) is 2.89. The van der Waals surface area contributed by atoms with Gasteiger partial charge in [-0.25, -0.2) is 8.78 Å². The molecule has 0 radical (unpaired) electrons. The molecule has 0 bridgehead atoms. The summed E-state index contributed by atoms with van der Waals surface area (Å²) in [4.78, 5) is 1.92. The van der Waals surface area contributed by atoms with Crippen LogP contribution in [0.1, 0.15) is 40.0 Å². The molecule has 0 atom stereocenters. The van der Waals surface area contributed by atoms with Crippen LogP contribution in [0.4, 0.5) is 8.78 Å². The van der Waals surface area contributed by atoms with Crippen molar-refractivity contribution in [2.75, 3.05) is 19.6 Å². The Morgan fingerprint density at radius 3 is 2.00 bits per heavy atom. The van der Waals surface area contributed by atoms with E-state index in [4.69, 9.17) is 0 Å². The van der Waals surface area contributed by atoms with Crippen molar-refractivity contribution in [1.29, 1.82) is 0 Å². The summed E-state index contributed by atoms with van der Waals surface area (Å²) in [6, 6.07) is 0. The number of likely N-dealkylation sites (tertiary alicyclic amines) is 1. The first-order valence-corrected chi connectivity index (χ1v) is 5.80. The largest absolute Gasteiger partial charge is 0.291 e. The highest BCUT2D eigenvalue weighted by Gasteiger charge is 2.51. The van der Waals surface area contributed by atoms with Crippen molar-refractivity contribution in [2.24, 2.45) is 10.8 Å². The van der Waals surface area contributed by atoms with Gasteiger partial charge in [0.2, 0.25) is 0 Å². The molecule has 3 heteroatoms. The van der Waals surface area contributed by atoms with E-state index in [1.54, 1.807) is 0 Å². The maximum atomic E-state index is 12.7. The third-order valence-electron chi connectivity index (χ3n) is 3.33. The SMILES string of the molecule is CC(C)(C)CC1(CN2CC(F)(F)C2)CC1. The Balaban J connectivity index is 1.80. The highest BCUT2D eigenvalue weighted by atomic mass is 19.3. The lowest BCUT2D eigenvalue weighted by Gasteiger charge is -2.41. The molecule has 0 amide bonds. The summed E-state index contributed by atoms with van der Waals surface area (Å²) < 4.78 is 25.4. The number of rotatable bonds is 3. The molecule has 15 heavy (non-hydrogen) atoms. The summed E-state index contributed by atoms with van der Waals surface area (Å²) in [6.45, 7) is 7.56. The normalized spacial score (nSPS) is 28.6. The fraction of sp³-hybridized carbons (Fsp3) is 1.00. The average Bonchev–Trinajstić information content (AvgIpc) is 2.60. The van der Waals surface area contributed by atoms with Gasteiger partial charge in [-0.05, 0) is 30.1 Å². The molecule has 1 heterocycles. The standard InChI is InChI=1S/C12H21F2N/c1-10(2,3)6-11(4-5-11)7-15-8-12(13,14)9-15/h4-9H2,1-3H3. The Hall–Kier alpha value is -0.180. The Labute approximate surface area is 90.8 Å². The summed E-state index contributed by atoms with van der Waals surface area (Å²) >= 11 is 0. The first kappa shape index (κ1) is 11.3. The highest BCUT2D eigenvalue weighted by Crippen LogP contribution is 2.54. The van der Waals surface area contributed by atoms with Crippen LogP contribution < -0.4 is 0 Å². The first-order chi connectivity index (χ1) is 6.70. The first-order valence-electron chi connectivity index (χ1n) is 5.80. The predicted molar refractivity (Wildman–Crippen MR) is 57.1 cm³/mol. The van der Waals surface area contributed by atoms with Crippen molar-refractivity contribution < 1.29 is 8.78 Å². The molecule has 0 N–H and O–H groups in total. The summed E-state index contributed by atoms with van der Waals surface area (Å²) in [5.41, 5.74) is 0.693. The molecule has 0 unspecified atom stereocenters. The zero-order valence-electron chi connectivity index (χ0n) is 9.95. The van der Waals surface area contributed by atoms with E-state index >= 15 is 0 Å². The van der Waals surface area contributed by atoms with E-state index in [0.717, 1.165) is 6.54 Å². The minimum Gasteiger partial charge on any atom is -0.291 e. The van der Waals surface area contributed by atoms with Gasteiger partial charge in [0.25, 0.3) is 5.92 Å². The van der Waals surface area contributed by atoms with Crippen LogP contribution in [0.5, 0.6) is 0 Å². The molecule has 1 saturated carbocycles. The molecular weight excluding hydrogens is 196 g/mol. The zero-order chi connectivity index (χ0) is 11.3. The molecule has 0 spiro atoms. The molecule has 1 nitrogen and oxygen atoms in total. The molecule has 2 fully saturated rings. The fourth-order valence-electron chi connectivity index (χ4n) is 2.89. The monoisotopic (exact) mass is 217 g/mol. The highest BCUT2D eigenvalue weighted by molar-refractivity contribution is 5.01. The summed E-state index contributed by atoms with van der Waals surface area (Å²) in [7, 11) is 0. The van der Waals surface area contributed by atoms with Gasteiger partial charge in [0.15, 0.2) is 0 Å². The van der Waals surface area contributed by atoms with Crippen molar-refractivity contribution in [1.82, 2.24) is 4.90 Å². The van der Waals surface area contributed by atoms with Crippen LogP contribution in [0.2, 0.25) is 0 Å². The van der Waals surface area contributed by atoms with Crippen LogP contribution in [0.3, 0.4) is 0 Å². The lowest BCUT2D eigenvalue weighted by atomic mass is 9.82. The van der Waals surface area contributed by atoms with Gasteiger partial charge >= 0.3 is 0 Å². The van der Waals surface area contributed by atoms with Crippen molar-refractivity contribution in [3.05, 3.63) is 0 Å². The average molecular weight is 217 g/mol. The quantitative estimate of drug-likeness (QED) is 0.702. The smallest absolute Gasteiger partial charge is 0.272 e. The molecule has 88 valence electrons. The maximum absolute atomic E-state index is 12.7. The second kappa shape index (κ2) is 3.16. The Bertz CT molecular complexity index is 243. The molecule has 2 aliphatic rings. The number of halogens is 2. The van der Waals surface area contributed by atoms with E-state index in [1.165, 1.54) is 19.3 Å². The van der Waals surface area contributed by atoms with E-state index < -0.39 is 5.92 Å². The van der Waals surface area contributed by atoms with E-state index in [9.17, 15) is 8.78 Å². The summed E-state index contributed by atoms with van der Waals surface area (Å²) in [5.74, 6) is -2.40. The zero-order valence-corrected chi connectivity index (χ0v) is 9.95. The Morgan fingerprint density at radius 2 is 1.67 bits per heavy atom. The molecular formula is C12H21F2N. The molecule has 1 aliphatic carbocycles. The van der Waals surface area contributed by atoms with Crippen molar-refractivity contribution in [3.63, 3.8) is 0 Å². The van der Waals surface area contributed by atoms with Crippen molar-refractivity contribution in [2.45, 2.75) is 46.0 Å². The topological polar surface area (TPSA) is 3.24 Å². The van der Waals surface area contributed by atoms with Gasteiger partial charge in [-0.3, -0.25) is 4.90 Å². The maximum Gasteiger partial charge on any atom is 0.272 e. The van der Waals surface area contributed by atoms with Gasteiger partial charge in [-0.1, -0.05) is 20.8 Å². The van der Waals surface area contributed by atoms with Gasteiger partial charge in [0.1, 0.15) is 0 Å². The minimum atomic E-state index is -2.40. The van der Waals surface area contributed by atoms with Gasteiger partial charge in [-0.15, -0.1) is 0 Å². The van der Waals surface area contributed by atoms with E-state index in [1.807, 2.05) is 4.90 Å². The van der Waals surface area contributed by atoms with Gasteiger partial charge < -0.3 is 0 Å². The Kier molecular flexibility index (Phi) is 2.38. The third-order valence-corrected chi connectivity index (χ3v) is 3.33. The van der Waals surface area contributed by atoms with Crippen LogP contribution in [0, 0.1) is 10.8 Å². The number of nitrogens with zero attached hydrogens (tertiary/aromatic N) is 1. The van der Waals surface area contributed by atoms with Crippen LogP contribution in [0.15, 0.2) is 0 Å². The van der Waals surface area contributed by atoms with E-state index in [-0.39, 0.29) is 13.1 Å². The minimum absolute atomic E-state index is 0.0150. The number of hydrogen-bond donors (Lipinski definition) is 0. The molecule has 1 saturated heterocycles. The second-order valence-electron chi connectivity index (χ2n) is 6.74. The molecule has 2 rings (SSSR count).